The second-order valence-electron chi connectivity index (χ2n) is 3.37. The molecule has 0 aliphatic heterocycles. The molecular weight excluding hydrogens is 176 g/mol. The van der Waals surface area contributed by atoms with Crippen LogP contribution < -0.4 is 4.74 Å². The van der Waals surface area contributed by atoms with E-state index in [1.807, 2.05) is 13.0 Å². The number of rotatable bonds is 5. The monoisotopic (exact) mass is 192 g/mol. The third-order valence-electron chi connectivity index (χ3n) is 2.21. The van der Waals surface area contributed by atoms with Crippen molar-refractivity contribution in [3.05, 3.63) is 29.3 Å². The van der Waals surface area contributed by atoms with Gasteiger partial charge >= 0.3 is 0 Å². The first kappa shape index (κ1) is 10.8. The average molecular weight is 192 g/mol. The number of unbranched alkanes of at least 4 members (excludes halogenated alkanes) is 1. The van der Waals surface area contributed by atoms with Gasteiger partial charge < -0.3 is 9.53 Å². The first-order valence-corrected chi connectivity index (χ1v) is 4.85. The summed E-state index contributed by atoms with van der Waals surface area (Å²) in [6.45, 7) is 2.04. The molecule has 0 amide bonds. The van der Waals surface area contributed by atoms with Crippen molar-refractivity contribution in [3.8, 4) is 5.75 Å². The highest BCUT2D eigenvalue weighted by atomic mass is 16.5. The number of aldehydes is 1. The van der Waals surface area contributed by atoms with E-state index in [2.05, 4.69) is 12.1 Å². The Labute approximate surface area is 84.9 Å². The van der Waals surface area contributed by atoms with Crippen LogP contribution in [0.25, 0.3) is 0 Å². The van der Waals surface area contributed by atoms with Crippen LogP contribution in [0, 0.1) is 6.92 Å². The minimum atomic E-state index is 0.622. The highest BCUT2D eigenvalue weighted by Crippen LogP contribution is 2.21. The largest absolute Gasteiger partial charge is 0.496 e. The lowest BCUT2D eigenvalue weighted by molar-refractivity contribution is -0.107. The van der Waals surface area contributed by atoms with Crippen LogP contribution in [0.4, 0.5) is 0 Å². The summed E-state index contributed by atoms with van der Waals surface area (Å²) >= 11 is 0. The molecule has 1 aromatic rings. The van der Waals surface area contributed by atoms with Gasteiger partial charge in [0.05, 0.1) is 7.11 Å². The summed E-state index contributed by atoms with van der Waals surface area (Å²) < 4.78 is 5.27. The zero-order chi connectivity index (χ0) is 10.4. The molecule has 2 heteroatoms. The zero-order valence-corrected chi connectivity index (χ0v) is 8.75. The second kappa shape index (κ2) is 5.43. The molecule has 0 saturated carbocycles. The predicted molar refractivity (Wildman–Crippen MR) is 56.7 cm³/mol. The van der Waals surface area contributed by atoms with Gasteiger partial charge in [0, 0.05) is 6.42 Å². The van der Waals surface area contributed by atoms with Crippen molar-refractivity contribution >= 4 is 6.29 Å². The Morgan fingerprint density at radius 3 is 2.86 bits per heavy atom. The van der Waals surface area contributed by atoms with Crippen molar-refractivity contribution in [3.63, 3.8) is 0 Å². The van der Waals surface area contributed by atoms with Gasteiger partial charge in [-0.2, -0.15) is 0 Å². The van der Waals surface area contributed by atoms with Crippen LogP contribution >= 0.6 is 0 Å². The highest BCUT2D eigenvalue weighted by Gasteiger charge is 2.02. The van der Waals surface area contributed by atoms with Crippen LogP contribution in [0.1, 0.15) is 24.0 Å². The second-order valence-corrected chi connectivity index (χ2v) is 3.37. The topological polar surface area (TPSA) is 26.3 Å². The fourth-order valence-electron chi connectivity index (χ4n) is 1.43. The fraction of sp³-hybridized carbons (Fsp3) is 0.417. The molecule has 0 aromatic heterocycles. The molecule has 76 valence electrons. The molecule has 0 fully saturated rings. The van der Waals surface area contributed by atoms with Crippen LogP contribution in [0.3, 0.4) is 0 Å². The minimum absolute atomic E-state index is 0.622. The van der Waals surface area contributed by atoms with E-state index in [4.69, 9.17) is 4.74 Å². The molecule has 0 radical (unpaired) electrons. The Balaban J connectivity index is 2.69. The number of hydrogen-bond donors (Lipinski definition) is 0. The standard InChI is InChI=1S/C12H16O2/c1-10-6-7-11(5-3-4-8-13)12(9-10)14-2/h6-9H,3-5H2,1-2H3. The van der Waals surface area contributed by atoms with Crippen molar-refractivity contribution in [1.82, 2.24) is 0 Å². The van der Waals surface area contributed by atoms with E-state index in [1.165, 1.54) is 11.1 Å². The molecule has 1 rings (SSSR count). The van der Waals surface area contributed by atoms with Crippen molar-refractivity contribution in [2.75, 3.05) is 7.11 Å². The van der Waals surface area contributed by atoms with Gasteiger partial charge in [0.25, 0.3) is 0 Å². The maximum atomic E-state index is 10.2. The lowest BCUT2D eigenvalue weighted by atomic mass is 10.1. The van der Waals surface area contributed by atoms with Gasteiger partial charge in [-0.25, -0.2) is 0 Å². The van der Waals surface area contributed by atoms with Crippen LogP contribution in [-0.4, -0.2) is 13.4 Å². The number of methoxy groups -OCH3 is 1. The van der Waals surface area contributed by atoms with E-state index >= 15 is 0 Å². The summed E-state index contributed by atoms with van der Waals surface area (Å²) in [6.07, 6.45) is 3.38. The number of hydrogen-bond acceptors (Lipinski definition) is 2. The summed E-state index contributed by atoms with van der Waals surface area (Å²) in [4.78, 5) is 10.2. The Kier molecular flexibility index (Phi) is 4.17. The Morgan fingerprint density at radius 1 is 1.43 bits per heavy atom. The third kappa shape index (κ3) is 2.87. The lowest BCUT2D eigenvalue weighted by Crippen LogP contribution is -1.93. The fourth-order valence-corrected chi connectivity index (χ4v) is 1.43. The molecule has 2 nitrogen and oxygen atoms in total. The van der Waals surface area contributed by atoms with Gasteiger partial charge in [-0.15, -0.1) is 0 Å². The molecule has 0 bridgehead atoms. The van der Waals surface area contributed by atoms with Crippen molar-refractivity contribution in [1.29, 1.82) is 0 Å². The molecule has 14 heavy (non-hydrogen) atoms. The Bertz CT molecular complexity index is 305. The minimum Gasteiger partial charge on any atom is -0.496 e. The van der Waals surface area contributed by atoms with Crippen molar-refractivity contribution < 1.29 is 9.53 Å². The summed E-state index contributed by atoms with van der Waals surface area (Å²) in [5, 5.41) is 0. The van der Waals surface area contributed by atoms with Gasteiger partial charge in [-0.3, -0.25) is 0 Å². The molecule has 0 N–H and O–H groups in total. The van der Waals surface area contributed by atoms with Crippen LogP contribution in [0.5, 0.6) is 5.75 Å². The van der Waals surface area contributed by atoms with Gasteiger partial charge in [0.2, 0.25) is 0 Å². The van der Waals surface area contributed by atoms with E-state index in [1.54, 1.807) is 7.11 Å². The average Bonchev–Trinajstić information content (AvgIpc) is 2.20. The molecule has 0 spiro atoms. The molecule has 0 saturated heterocycles. The zero-order valence-electron chi connectivity index (χ0n) is 8.75. The van der Waals surface area contributed by atoms with Crippen LogP contribution in [0.2, 0.25) is 0 Å². The summed E-state index contributed by atoms with van der Waals surface area (Å²) in [5.74, 6) is 0.927. The van der Waals surface area contributed by atoms with Crippen LogP contribution in [0.15, 0.2) is 18.2 Å². The molecule has 0 unspecified atom stereocenters. The maximum Gasteiger partial charge on any atom is 0.122 e. The first-order chi connectivity index (χ1) is 6.77. The molecule has 0 heterocycles. The molecule has 0 aliphatic carbocycles. The van der Waals surface area contributed by atoms with E-state index in [0.29, 0.717) is 6.42 Å². The molecule has 0 atom stereocenters. The first-order valence-electron chi connectivity index (χ1n) is 4.85. The summed E-state index contributed by atoms with van der Waals surface area (Å²) in [5.41, 5.74) is 2.38. The number of carbonyl (C=O) groups is 1. The van der Waals surface area contributed by atoms with Gasteiger partial charge in [0.1, 0.15) is 12.0 Å². The predicted octanol–water partition coefficient (Wildman–Crippen LogP) is 2.53. The third-order valence-corrected chi connectivity index (χ3v) is 2.21. The number of ether oxygens (including phenoxy) is 1. The Morgan fingerprint density at radius 2 is 2.21 bits per heavy atom. The summed E-state index contributed by atoms with van der Waals surface area (Å²) in [7, 11) is 1.68. The lowest BCUT2D eigenvalue weighted by Gasteiger charge is -2.08. The SMILES string of the molecule is COc1cc(C)ccc1CCCC=O. The number of aryl methyl sites for hydroxylation is 2. The van der Waals surface area contributed by atoms with E-state index in [-0.39, 0.29) is 0 Å². The van der Waals surface area contributed by atoms with Crippen molar-refractivity contribution in [2.24, 2.45) is 0 Å². The maximum absolute atomic E-state index is 10.2. The van der Waals surface area contributed by atoms with E-state index < -0.39 is 0 Å². The normalized spacial score (nSPS) is 9.86. The number of benzene rings is 1. The summed E-state index contributed by atoms with van der Waals surface area (Å²) in [6, 6.07) is 6.16. The van der Waals surface area contributed by atoms with Gasteiger partial charge in [-0.1, -0.05) is 12.1 Å². The van der Waals surface area contributed by atoms with Gasteiger partial charge in [0.15, 0.2) is 0 Å². The molecular formula is C12H16O2. The molecule has 0 aliphatic rings. The van der Waals surface area contributed by atoms with E-state index in [0.717, 1.165) is 24.9 Å². The van der Waals surface area contributed by atoms with Gasteiger partial charge in [-0.05, 0) is 37.0 Å². The molecule has 1 aromatic carbocycles. The Hall–Kier alpha value is -1.31. The van der Waals surface area contributed by atoms with Crippen molar-refractivity contribution in [2.45, 2.75) is 26.2 Å². The number of carbonyl (C=O) groups excluding carboxylic acids is 1. The highest BCUT2D eigenvalue weighted by molar-refractivity contribution is 5.49. The van der Waals surface area contributed by atoms with Crippen LogP contribution in [-0.2, 0) is 11.2 Å². The van der Waals surface area contributed by atoms with E-state index in [9.17, 15) is 4.79 Å². The smallest absolute Gasteiger partial charge is 0.122 e. The quantitative estimate of drug-likeness (QED) is 0.529.